The Bertz CT molecular complexity index is 562. The van der Waals surface area contributed by atoms with Gasteiger partial charge in [-0.2, -0.15) is 5.10 Å². The van der Waals surface area contributed by atoms with E-state index in [2.05, 4.69) is 10.4 Å². The summed E-state index contributed by atoms with van der Waals surface area (Å²) in [5.41, 5.74) is 1.36. The molecule has 0 spiro atoms. The fourth-order valence-corrected chi connectivity index (χ4v) is 1.94. The number of aliphatic hydroxyl groups is 1. The number of amides is 1. The number of nitrogens with zero attached hydrogens (tertiary/aromatic N) is 2. The molecule has 2 N–H and O–H groups in total. The number of hydrogen-bond donors (Lipinski definition) is 2. The highest BCUT2D eigenvalue weighted by atomic mass is 16.3. The summed E-state index contributed by atoms with van der Waals surface area (Å²) in [5.74, 6) is -0.201. The zero-order valence-corrected chi connectivity index (χ0v) is 10.6. The molecule has 96 valence electrons. The van der Waals surface area contributed by atoms with E-state index in [-0.39, 0.29) is 18.6 Å². The van der Waals surface area contributed by atoms with Gasteiger partial charge in [-0.05, 0) is 19.4 Å². The second kappa shape index (κ2) is 5.18. The van der Waals surface area contributed by atoms with Crippen LogP contribution in [0, 0.1) is 0 Å². The van der Waals surface area contributed by atoms with Crippen LogP contribution in [0.5, 0.6) is 0 Å². The Morgan fingerprint density at radius 1 is 1.50 bits per heavy atom. The van der Waals surface area contributed by atoms with Gasteiger partial charge in [0.1, 0.15) is 0 Å². The van der Waals surface area contributed by atoms with E-state index in [1.54, 1.807) is 4.68 Å². The van der Waals surface area contributed by atoms with Crippen molar-refractivity contribution in [2.75, 3.05) is 6.61 Å². The fourth-order valence-electron chi connectivity index (χ4n) is 1.94. The Kier molecular flexibility index (Phi) is 3.62. The van der Waals surface area contributed by atoms with Crippen molar-refractivity contribution in [1.82, 2.24) is 15.1 Å². The highest BCUT2D eigenvalue weighted by molar-refractivity contribution is 6.04. The van der Waals surface area contributed by atoms with Crippen LogP contribution in [0.15, 0.2) is 24.3 Å². The molecule has 0 bridgehead atoms. The number of aromatic nitrogens is 2. The minimum atomic E-state index is -0.201. The number of carbonyl (C=O) groups excluding carboxylic acids is 1. The lowest BCUT2D eigenvalue weighted by atomic mass is 10.2. The van der Waals surface area contributed by atoms with Crippen molar-refractivity contribution in [2.24, 2.45) is 7.05 Å². The first-order chi connectivity index (χ1) is 8.63. The molecule has 2 rings (SSSR count). The lowest BCUT2D eigenvalue weighted by Crippen LogP contribution is -2.33. The van der Waals surface area contributed by atoms with Crippen LogP contribution in [0.4, 0.5) is 0 Å². The van der Waals surface area contributed by atoms with Crippen LogP contribution in [0.3, 0.4) is 0 Å². The van der Waals surface area contributed by atoms with Gasteiger partial charge < -0.3 is 10.4 Å². The lowest BCUT2D eigenvalue weighted by molar-refractivity contribution is 0.0930. The van der Waals surface area contributed by atoms with Gasteiger partial charge in [0.25, 0.3) is 5.91 Å². The second-order valence-electron chi connectivity index (χ2n) is 4.38. The maximum atomic E-state index is 12.1. The number of nitrogens with one attached hydrogen (secondary N) is 1. The van der Waals surface area contributed by atoms with Gasteiger partial charge >= 0.3 is 0 Å². The second-order valence-corrected chi connectivity index (χ2v) is 4.38. The standard InChI is InChI=1S/C13H17N3O2/c1-9(7-8-17)14-13(18)12-10-5-3-4-6-11(10)16(2)15-12/h3-6,9,17H,7-8H2,1-2H3,(H,14,18). The minimum absolute atomic E-state index is 0.0599. The SMILES string of the molecule is CC(CCO)NC(=O)c1nn(C)c2ccccc12. The Morgan fingerprint density at radius 3 is 2.94 bits per heavy atom. The Morgan fingerprint density at radius 2 is 2.22 bits per heavy atom. The average molecular weight is 247 g/mol. The van der Waals surface area contributed by atoms with Crippen LogP contribution in [0.1, 0.15) is 23.8 Å². The monoisotopic (exact) mass is 247 g/mol. The third-order valence-electron chi connectivity index (χ3n) is 2.91. The zero-order valence-electron chi connectivity index (χ0n) is 10.6. The van der Waals surface area contributed by atoms with E-state index < -0.39 is 0 Å². The summed E-state index contributed by atoms with van der Waals surface area (Å²) in [6, 6.07) is 7.55. The van der Waals surface area contributed by atoms with Crippen LogP contribution in [-0.4, -0.2) is 33.4 Å². The molecule has 0 aliphatic rings. The Hall–Kier alpha value is -1.88. The van der Waals surface area contributed by atoms with E-state index in [4.69, 9.17) is 5.11 Å². The van der Waals surface area contributed by atoms with Gasteiger partial charge in [-0.1, -0.05) is 18.2 Å². The number of aryl methyl sites for hydroxylation is 1. The largest absolute Gasteiger partial charge is 0.396 e. The van der Waals surface area contributed by atoms with Gasteiger partial charge in [0.05, 0.1) is 5.52 Å². The number of benzene rings is 1. The summed E-state index contributed by atoms with van der Waals surface area (Å²) in [6.45, 7) is 1.92. The van der Waals surface area contributed by atoms with Gasteiger partial charge in [-0.3, -0.25) is 9.48 Å². The van der Waals surface area contributed by atoms with E-state index in [1.807, 2.05) is 38.2 Å². The first kappa shape index (κ1) is 12.6. The molecule has 0 saturated heterocycles. The van der Waals surface area contributed by atoms with Gasteiger partial charge in [0.15, 0.2) is 5.69 Å². The molecular formula is C13H17N3O2. The number of hydrogen-bond acceptors (Lipinski definition) is 3. The molecule has 0 aliphatic heterocycles. The number of carbonyl (C=O) groups is 1. The van der Waals surface area contributed by atoms with Crippen LogP contribution in [0.25, 0.3) is 10.9 Å². The molecule has 0 saturated carbocycles. The molecule has 5 heteroatoms. The van der Waals surface area contributed by atoms with Crippen molar-refractivity contribution < 1.29 is 9.90 Å². The fraction of sp³-hybridized carbons (Fsp3) is 0.385. The Labute approximate surface area is 105 Å². The highest BCUT2D eigenvalue weighted by Gasteiger charge is 2.16. The highest BCUT2D eigenvalue weighted by Crippen LogP contribution is 2.17. The molecule has 1 aromatic heterocycles. The van der Waals surface area contributed by atoms with Crippen molar-refractivity contribution in [2.45, 2.75) is 19.4 Å². The molecule has 18 heavy (non-hydrogen) atoms. The topological polar surface area (TPSA) is 67.2 Å². The molecule has 0 radical (unpaired) electrons. The first-order valence-electron chi connectivity index (χ1n) is 5.97. The smallest absolute Gasteiger partial charge is 0.272 e. The van der Waals surface area contributed by atoms with Crippen LogP contribution >= 0.6 is 0 Å². The van der Waals surface area contributed by atoms with Crippen molar-refractivity contribution in [3.05, 3.63) is 30.0 Å². The summed E-state index contributed by atoms with van der Waals surface area (Å²) >= 11 is 0. The summed E-state index contributed by atoms with van der Waals surface area (Å²) in [4.78, 5) is 12.1. The molecule has 0 aliphatic carbocycles. The predicted octanol–water partition coefficient (Wildman–Crippen LogP) is 1.07. The molecule has 2 aromatic rings. The summed E-state index contributed by atoms with van der Waals surface area (Å²) in [6.07, 6.45) is 0.538. The number of aliphatic hydroxyl groups excluding tert-OH is 1. The molecule has 0 fully saturated rings. The predicted molar refractivity (Wildman–Crippen MR) is 69.3 cm³/mol. The molecule has 1 aromatic carbocycles. The van der Waals surface area contributed by atoms with Gasteiger partial charge in [-0.25, -0.2) is 0 Å². The van der Waals surface area contributed by atoms with Crippen molar-refractivity contribution in [3.8, 4) is 0 Å². The van der Waals surface area contributed by atoms with E-state index >= 15 is 0 Å². The first-order valence-corrected chi connectivity index (χ1v) is 5.97. The third-order valence-corrected chi connectivity index (χ3v) is 2.91. The molecule has 1 unspecified atom stereocenters. The van der Waals surface area contributed by atoms with Crippen LogP contribution < -0.4 is 5.32 Å². The van der Waals surface area contributed by atoms with Gasteiger partial charge in [-0.15, -0.1) is 0 Å². The number of fused-ring (bicyclic) bond motifs is 1. The lowest BCUT2D eigenvalue weighted by Gasteiger charge is -2.10. The zero-order chi connectivity index (χ0) is 13.1. The summed E-state index contributed by atoms with van der Waals surface area (Å²) in [7, 11) is 1.82. The maximum absolute atomic E-state index is 12.1. The molecule has 1 atom stereocenters. The van der Waals surface area contributed by atoms with E-state index in [1.165, 1.54) is 0 Å². The van der Waals surface area contributed by atoms with Crippen molar-refractivity contribution in [1.29, 1.82) is 0 Å². The summed E-state index contributed by atoms with van der Waals surface area (Å²) in [5, 5.41) is 16.7. The van der Waals surface area contributed by atoms with Gasteiger partial charge in [0, 0.05) is 25.1 Å². The van der Waals surface area contributed by atoms with Crippen molar-refractivity contribution in [3.63, 3.8) is 0 Å². The summed E-state index contributed by atoms with van der Waals surface area (Å²) < 4.78 is 1.70. The van der Waals surface area contributed by atoms with Gasteiger partial charge in [0.2, 0.25) is 0 Å². The normalized spacial score (nSPS) is 12.6. The third kappa shape index (κ3) is 2.36. The average Bonchev–Trinajstić information content (AvgIpc) is 2.68. The number of rotatable bonds is 4. The van der Waals surface area contributed by atoms with Crippen molar-refractivity contribution >= 4 is 16.8 Å². The molecule has 5 nitrogen and oxygen atoms in total. The molecular weight excluding hydrogens is 230 g/mol. The van der Waals surface area contributed by atoms with Crippen LogP contribution in [0.2, 0.25) is 0 Å². The minimum Gasteiger partial charge on any atom is -0.396 e. The molecule has 1 heterocycles. The van der Waals surface area contributed by atoms with E-state index in [0.717, 1.165) is 10.9 Å². The number of para-hydroxylation sites is 1. The van der Waals surface area contributed by atoms with E-state index in [0.29, 0.717) is 12.1 Å². The molecule has 1 amide bonds. The maximum Gasteiger partial charge on any atom is 0.272 e. The van der Waals surface area contributed by atoms with Crippen LogP contribution in [-0.2, 0) is 7.05 Å². The Balaban J connectivity index is 2.28. The van der Waals surface area contributed by atoms with E-state index in [9.17, 15) is 4.79 Å². The quantitative estimate of drug-likeness (QED) is 0.849.